The first-order valence-corrected chi connectivity index (χ1v) is 7.33. The molecule has 0 heterocycles. The van der Waals surface area contributed by atoms with Crippen LogP contribution in [0.25, 0.3) is 0 Å². The zero-order chi connectivity index (χ0) is 15.5. The van der Waals surface area contributed by atoms with E-state index >= 15 is 0 Å². The summed E-state index contributed by atoms with van der Waals surface area (Å²) in [6.07, 6.45) is 2.37. The maximum atomic E-state index is 10.5. The number of nitrogens with one attached hydrogen (secondary N) is 1. The number of nitro benzene ring substituents is 1. The zero-order valence-electron chi connectivity index (χ0n) is 12.5. The molecule has 6 heteroatoms. The Bertz CT molecular complexity index is 409. The summed E-state index contributed by atoms with van der Waals surface area (Å²) in [6, 6.07) is 6.52. The molecule has 118 valence electrons. The van der Waals surface area contributed by atoms with E-state index in [0.717, 1.165) is 24.8 Å². The molecular weight excluding hydrogens is 272 g/mol. The normalized spacial score (nSPS) is 12.3. The Kier molecular flexibility index (Phi) is 8.57. The molecule has 1 rings (SSSR count). The van der Waals surface area contributed by atoms with Gasteiger partial charge in [0, 0.05) is 25.3 Å². The second-order valence-electron chi connectivity index (χ2n) is 4.96. The van der Waals surface area contributed by atoms with Crippen molar-refractivity contribution in [2.45, 2.75) is 32.3 Å². The average molecular weight is 296 g/mol. The fraction of sp³-hybridized carbons (Fsp3) is 0.600. The molecular formula is C15H24N2O4. The smallest absolute Gasteiger partial charge is 0.269 e. The summed E-state index contributed by atoms with van der Waals surface area (Å²) in [5.74, 6) is 0. The fourth-order valence-corrected chi connectivity index (χ4v) is 1.81. The van der Waals surface area contributed by atoms with E-state index in [4.69, 9.17) is 4.74 Å². The van der Waals surface area contributed by atoms with Crippen molar-refractivity contribution in [3.05, 3.63) is 39.9 Å². The monoisotopic (exact) mass is 296 g/mol. The maximum Gasteiger partial charge on any atom is 0.269 e. The number of aliphatic hydroxyl groups excluding tert-OH is 1. The lowest BCUT2D eigenvalue weighted by Crippen LogP contribution is -2.31. The van der Waals surface area contributed by atoms with Gasteiger partial charge in [-0.25, -0.2) is 0 Å². The quantitative estimate of drug-likeness (QED) is 0.370. The summed E-state index contributed by atoms with van der Waals surface area (Å²) in [5.41, 5.74) is 1.13. The summed E-state index contributed by atoms with van der Waals surface area (Å²) in [6.45, 7) is 4.34. The van der Waals surface area contributed by atoms with Gasteiger partial charge in [0.15, 0.2) is 0 Å². The third-order valence-corrected chi connectivity index (χ3v) is 3.07. The molecule has 2 N–H and O–H groups in total. The molecule has 6 nitrogen and oxygen atoms in total. The molecule has 1 atom stereocenters. The van der Waals surface area contributed by atoms with Crippen LogP contribution in [0.4, 0.5) is 5.69 Å². The first-order valence-electron chi connectivity index (χ1n) is 7.33. The van der Waals surface area contributed by atoms with Crippen LogP contribution >= 0.6 is 0 Å². The summed E-state index contributed by atoms with van der Waals surface area (Å²) in [5, 5.41) is 23.4. The van der Waals surface area contributed by atoms with Crippen LogP contribution in [0, 0.1) is 10.1 Å². The zero-order valence-corrected chi connectivity index (χ0v) is 12.5. The molecule has 1 aromatic carbocycles. The van der Waals surface area contributed by atoms with E-state index in [1.165, 1.54) is 12.1 Å². The largest absolute Gasteiger partial charge is 0.389 e. The van der Waals surface area contributed by atoms with Gasteiger partial charge in [-0.2, -0.15) is 0 Å². The van der Waals surface area contributed by atoms with E-state index in [0.29, 0.717) is 26.3 Å². The number of hydrogen-bond donors (Lipinski definition) is 2. The highest BCUT2D eigenvalue weighted by Crippen LogP contribution is 2.11. The number of hydrogen-bond acceptors (Lipinski definition) is 5. The van der Waals surface area contributed by atoms with Gasteiger partial charge in [-0.05, 0) is 24.9 Å². The number of ether oxygens (including phenoxy) is 1. The maximum absolute atomic E-state index is 10.5. The van der Waals surface area contributed by atoms with Crippen LogP contribution in [-0.2, 0) is 11.2 Å². The molecule has 0 aliphatic rings. The molecule has 0 aliphatic heterocycles. The summed E-state index contributed by atoms with van der Waals surface area (Å²) < 4.78 is 5.33. The third kappa shape index (κ3) is 7.75. The van der Waals surface area contributed by atoms with E-state index < -0.39 is 11.0 Å². The third-order valence-electron chi connectivity index (χ3n) is 3.07. The van der Waals surface area contributed by atoms with Crippen molar-refractivity contribution in [2.24, 2.45) is 0 Å². The first kappa shape index (κ1) is 17.6. The van der Waals surface area contributed by atoms with E-state index in [1.807, 2.05) is 0 Å². The molecule has 0 bridgehead atoms. The Balaban J connectivity index is 2.11. The highest BCUT2D eigenvalue weighted by atomic mass is 16.6. The Hall–Kier alpha value is -1.50. The van der Waals surface area contributed by atoms with Crippen molar-refractivity contribution in [3.8, 4) is 0 Å². The lowest BCUT2D eigenvalue weighted by molar-refractivity contribution is -0.384. The highest BCUT2D eigenvalue weighted by molar-refractivity contribution is 5.32. The second-order valence-corrected chi connectivity index (χ2v) is 4.96. The van der Waals surface area contributed by atoms with E-state index in [1.54, 1.807) is 12.1 Å². The molecule has 0 aliphatic carbocycles. The van der Waals surface area contributed by atoms with E-state index in [9.17, 15) is 15.2 Å². The van der Waals surface area contributed by atoms with Crippen molar-refractivity contribution in [3.63, 3.8) is 0 Å². The predicted molar refractivity (Wildman–Crippen MR) is 81.4 cm³/mol. The second kappa shape index (κ2) is 10.3. The molecule has 1 aromatic rings. The van der Waals surface area contributed by atoms with Gasteiger partial charge in [0.2, 0.25) is 0 Å². The molecule has 21 heavy (non-hydrogen) atoms. The lowest BCUT2D eigenvalue weighted by Gasteiger charge is -2.12. The fourth-order valence-electron chi connectivity index (χ4n) is 1.81. The van der Waals surface area contributed by atoms with E-state index in [-0.39, 0.29) is 5.69 Å². The average Bonchev–Trinajstić information content (AvgIpc) is 2.48. The molecule has 0 spiro atoms. The van der Waals surface area contributed by atoms with Crippen LogP contribution in [-0.4, -0.2) is 42.4 Å². The summed E-state index contributed by atoms with van der Waals surface area (Å²) >= 11 is 0. The molecule has 0 fully saturated rings. The van der Waals surface area contributed by atoms with E-state index in [2.05, 4.69) is 12.2 Å². The summed E-state index contributed by atoms with van der Waals surface area (Å²) in [7, 11) is 0. The van der Waals surface area contributed by atoms with Crippen molar-refractivity contribution >= 4 is 5.69 Å². The molecule has 0 aromatic heterocycles. The van der Waals surface area contributed by atoms with Crippen molar-refractivity contribution in [2.75, 3.05) is 26.3 Å². The van der Waals surface area contributed by atoms with Gasteiger partial charge in [-0.15, -0.1) is 0 Å². The topological polar surface area (TPSA) is 84.6 Å². The minimum atomic E-state index is -0.501. The minimum absolute atomic E-state index is 0.103. The number of nitro groups is 1. The lowest BCUT2D eigenvalue weighted by atomic mass is 10.1. The van der Waals surface area contributed by atoms with Gasteiger partial charge >= 0.3 is 0 Å². The van der Waals surface area contributed by atoms with Gasteiger partial charge < -0.3 is 15.2 Å². The predicted octanol–water partition coefficient (Wildman–Crippen LogP) is 1.90. The molecule has 0 saturated carbocycles. The van der Waals surface area contributed by atoms with Gasteiger partial charge in [0.1, 0.15) is 0 Å². The van der Waals surface area contributed by atoms with Crippen LogP contribution in [0.3, 0.4) is 0 Å². The molecule has 0 amide bonds. The SMILES string of the molecule is CCCCOCC(O)CNCCc1ccc([N+](=O)[O-])cc1. The highest BCUT2D eigenvalue weighted by Gasteiger charge is 2.05. The number of nitrogens with zero attached hydrogens (tertiary/aromatic N) is 1. The Labute approximate surface area is 125 Å². The van der Waals surface area contributed by atoms with Crippen molar-refractivity contribution in [1.29, 1.82) is 0 Å². The van der Waals surface area contributed by atoms with Crippen LogP contribution in [0.1, 0.15) is 25.3 Å². The Morgan fingerprint density at radius 3 is 2.71 bits per heavy atom. The Morgan fingerprint density at radius 1 is 1.38 bits per heavy atom. The van der Waals surface area contributed by atoms with Crippen LogP contribution in [0.2, 0.25) is 0 Å². The van der Waals surface area contributed by atoms with Crippen LogP contribution in [0.5, 0.6) is 0 Å². The van der Waals surface area contributed by atoms with Crippen molar-refractivity contribution < 1.29 is 14.8 Å². The van der Waals surface area contributed by atoms with Crippen LogP contribution in [0.15, 0.2) is 24.3 Å². The number of non-ortho nitro benzene ring substituents is 1. The first-order chi connectivity index (χ1) is 10.1. The number of aliphatic hydroxyl groups is 1. The minimum Gasteiger partial charge on any atom is -0.389 e. The number of unbranched alkanes of at least 4 members (excludes halogenated alkanes) is 1. The van der Waals surface area contributed by atoms with Gasteiger partial charge in [0.25, 0.3) is 5.69 Å². The van der Waals surface area contributed by atoms with Crippen molar-refractivity contribution in [1.82, 2.24) is 5.32 Å². The number of benzene rings is 1. The van der Waals surface area contributed by atoms with Crippen LogP contribution < -0.4 is 5.32 Å². The van der Waals surface area contributed by atoms with Gasteiger partial charge in [-0.1, -0.05) is 25.5 Å². The van der Waals surface area contributed by atoms with Gasteiger partial charge in [-0.3, -0.25) is 10.1 Å². The number of rotatable bonds is 11. The van der Waals surface area contributed by atoms with Gasteiger partial charge in [0.05, 0.1) is 17.6 Å². The summed E-state index contributed by atoms with van der Waals surface area (Å²) in [4.78, 5) is 10.1. The molecule has 0 radical (unpaired) electrons. The molecule has 0 saturated heterocycles. The standard InChI is InChI=1S/C15H24N2O4/c1-2-3-10-21-12-15(18)11-16-9-8-13-4-6-14(7-5-13)17(19)20/h4-7,15-16,18H,2-3,8-12H2,1H3. The Morgan fingerprint density at radius 2 is 2.10 bits per heavy atom. The molecule has 1 unspecified atom stereocenters.